The number of fused-ring (bicyclic) bond motifs is 1. The Balaban J connectivity index is 2.08. The molecule has 1 unspecified atom stereocenters. The molecule has 19 heavy (non-hydrogen) atoms. The summed E-state index contributed by atoms with van der Waals surface area (Å²) in [4.78, 5) is 14.3. The van der Waals surface area contributed by atoms with Crippen molar-refractivity contribution >= 4 is 17.5 Å². The van der Waals surface area contributed by atoms with Crippen molar-refractivity contribution in [3.63, 3.8) is 0 Å². The summed E-state index contributed by atoms with van der Waals surface area (Å²) in [6.07, 6.45) is 0. The Kier molecular flexibility index (Phi) is 4.80. The molecule has 1 heterocycles. The van der Waals surface area contributed by atoms with Crippen LogP contribution in [0.15, 0.2) is 18.2 Å². The van der Waals surface area contributed by atoms with E-state index in [0.29, 0.717) is 18.1 Å². The average molecular weight is 282 g/mol. The van der Waals surface area contributed by atoms with Crippen LogP contribution in [0.3, 0.4) is 0 Å². The molecule has 1 aromatic carbocycles. The molecule has 0 spiro atoms. The SMILES string of the molecule is CN(C)CCNC(=O)C1CNCc2cccc(Cl)c21. The Bertz CT molecular complexity index is 462. The molecular weight excluding hydrogens is 262 g/mol. The molecule has 2 rings (SSSR count). The first-order valence-electron chi connectivity index (χ1n) is 6.50. The molecule has 2 N–H and O–H groups in total. The van der Waals surface area contributed by atoms with Crippen LogP contribution in [-0.4, -0.2) is 44.5 Å². The molecular formula is C14H20ClN3O. The van der Waals surface area contributed by atoms with E-state index in [4.69, 9.17) is 11.6 Å². The van der Waals surface area contributed by atoms with Crippen LogP contribution in [0, 0.1) is 0 Å². The molecule has 1 aliphatic heterocycles. The van der Waals surface area contributed by atoms with E-state index >= 15 is 0 Å². The first-order valence-corrected chi connectivity index (χ1v) is 6.88. The lowest BCUT2D eigenvalue weighted by Gasteiger charge is -2.26. The molecule has 0 saturated carbocycles. The number of rotatable bonds is 4. The second-order valence-electron chi connectivity index (χ2n) is 5.09. The quantitative estimate of drug-likeness (QED) is 0.872. The normalized spacial score (nSPS) is 18.2. The highest BCUT2D eigenvalue weighted by Crippen LogP contribution is 2.30. The maximum Gasteiger partial charge on any atom is 0.228 e. The van der Waals surface area contributed by atoms with E-state index in [-0.39, 0.29) is 11.8 Å². The molecule has 1 aliphatic rings. The van der Waals surface area contributed by atoms with Crippen molar-refractivity contribution in [1.29, 1.82) is 0 Å². The number of carbonyl (C=O) groups is 1. The minimum atomic E-state index is -0.195. The molecule has 0 aromatic heterocycles. The fourth-order valence-electron chi connectivity index (χ4n) is 2.33. The summed E-state index contributed by atoms with van der Waals surface area (Å²) in [5, 5.41) is 6.93. The van der Waals surface area contributed by atoms with E-state index in [1.54, 1.807) is 0 Å². The van der Waals surface area contributed by atoms with Gasteiger partial charge < -0.3 is 15.5 Å². The molecule has 0 radical (unpaired) electrons. The van der Waals surface area contributed by atoms with E-state index in [1.807, 2.05) is 37.2 Å². The van der Waals surface area contributed by atoms with Gasteiger partial charge in [0.15, 0.2) is 0 Å². The van der Waals surface area contributed by atoms with Gasteiger partial charge in [0.05, 0.1) is 5.92 Å². The first kappa shape index (κ1) is 14.3. The Labute approximate surface area is 119 Å². The fourth-order valence-corrected chi connectivity index (χ4v) is 2.65. The minimum Gasteiger partial charge on any atom is -0.354 e. The van der Waals surface area contributed by atoms with Gasteiger partial charge in [-0.25, -0.2) is 0 Å². The summed E-state index contributed by atoms with van der Waals surface area (Å²) >= 11 is 6.25. The van der Waals surface area contributed by atoms with Gasteiger partial charge in [-0.3, -0.25) is 4.79 Å². The molecule has 0 aliphatic carbocycles. The van der Waals surface area contributed by atoms with Crippen LogP contribution in [0.4, 0.5) is 0 Å². The fraction of sp³-hybridized carbons (Fsp3) is 0.500. The van der Waals surface area contributed by atoms with Crippen molar-refractivity contribution in [2.45, 2.75) is 12.5 Å². The van der Waals surface area contributed by atoms with Gasteiger partial charge in [-0.05, 0) is 31.3 Å². The van der Waals surface area contributed by atoms with Crippen molar-refractivity contribution in [2.24, 2.45) is 0 Å². The summed E-state index contributed by atoms with van der Waals surface area (Å²) in [5.74, 6) is -0.150. The number of likely N-dealkylation sites (N-methyl/N-ethyl adjacent to an activating group) is 1. The molecule has 1 amide bonds. The van der Waals surface area contributed by atoms with Crippen LogP contribution in [0.5, 0.6) is 0 Å². The van der Waals surface area contributed by atoms with Crippen molar-refractivity contribution in [3.05, 3.63) is 34.3 Å². The molecule has 1 aromatic rings. The Morgan fingerprint density at radius 2 is 2.32 bits per heavy atom. The highest BCUT2D eigenvalue weighted by molar-refractivity contribution is 6.31. The van der Waals surface area contributed by atoms with E-state index in [1.165, 1.54) is 0 Å². The molecule has 0 bridgehead atoms. The van der Waals surface area contributed by atoms with Crippen LogP contribution in [-0.2, 0) is 11.3 Å². The zero-order valence-corrected chi connectivity index (χ0v) is 12.1. The largest absolute Gasteiger partial charge is 0.354 e. The topological polar surface area (TPSA) is 44.4 Å². The zero-order valence-electron chi connectivity index (χ0n) is 11.4. The molecule has 4 nitrogen and oxygen atoms in total. The van der Waals surface area contributed by atoms with Gasteiger partial charge in [0.2, 0.25) is 5.91 Å². The predicted octanol–water partition coefficient (Wildman–Crippen LogP) is 1.20. The maximum absolute atomic E-state index is 12.3. The number of benzene rings is 1. The van der Waals surface area contributed by atoms with Crippen molar-refractivity contribution in [1.82, 2.24) is 15.5 Å². The highest BCUT2D eigenvalue weighted by Gasteiger charge is 2.28. The Morgan fingerprint density at radius 3 is 3.05 bits per heavy atom. The molecule has 0 fully saturated rings. The minimum absolute atomic E-state index is 0.0448. The van der Waals surface area contributed by atoms with Crippen molar-refractivity contribution in [3.8, 4) is 0 Å². The van der Waals surface area contributed by atoms with E-state index in [2.05, 4.69) is 10.6 Å². The van der Waals surface area contributed by atoms with Crippen LogP contribution in [0.25, 0.3) is 0 Å². The number of amides is 1. The van der Waals surface area contributed by atoms with E-state index in [0.717, 1.165) is 24.2 Å². The van der Waals surface area contributed by atoms with Crippen LogP contribution in [0.2, 0.25) is 5.02 Å². The van der Waals surface area contributed by atoms with E-state index in [9.17, 15) is 4.79 Å². The number of carbonyl (C=O) groups excluding carboxylic acids is 1. The highest BCUT2D eigenvalue weighted by atomic mass is 35.5. The smallest absolute Gasteiger partial charge is 0.228 e. The standard InChI is InChI=1S/C14H20ClN3O/c1-18(2)7-6-17-14(19)11-9-16-8-10-4-3-5-12(15)13(10)11/h3-5,11,16H,6-9H2,1-2H3,(H,17,19). The predicted molar refractivity (Wildman–Crippen MR) is 77.5 cm³/mol. The summed E-state index contributed by atoms with van der Waals surface area (Å²) in [6, 6.07) is 5.80. The first-order chi connectivity index (χ1) is 9.09. The van der Waals surface area contributed by atoms with Gasteiger partial charge in [-0.15, -0.1) is 0 Å². The number of nitrogens with zero attached hydrogens (tertiary/aromatic N) is 1. The lowest BCUT2D eigenvalue weighted by Crippen LogP contribution is -2.41. The average Bonchev–Trinajstić information content (AvgIpc) is 2.38. The zero-order chi connectivity index (χ0) is 13.8. The second-order valence-corrected chi connectivity index (χ2v) is 5.50. The van der Waals surface area contributed by atoms with Gasteiger partial charge in [0.1, 0.15) is 0 Å². The number of nitrogens with one attached hydrogen (secondary N) is 2. The summed E-state index contributed by atoms with van der Waals surface area (Å²) in [7, 11) is 3.97. The molecule has 104 valence electrons. The lowest BCUT2D eigenvalue weighted by molar-refractivity contribution is -0.122. The molecule has 5 heteroatoms. The van der Waals surface area contributed by atoms with Crippen molar-refractivity contribution < 1.29 is 4.79 Å². The van der Waals surface area contributed by atoms with Crippen LogP contribution >= 0.6 is 11.6 Å². The maximum atomic E-state index is 12.3. The summed E-state index contributed by atoms with van der Waals surface area (Å²) < 4.78 is 0. The Morgan fingerprint density at radius 1 is 1.53 bits per heavy atom. The van der Waals surface area contributed by atoms with Gasteiger partial charge in [-0.1, -0.05) is 23.7 Å². The van der Waals surface area contributed by atoms with Gasteiger partial charge in [0, 0.05) is 31.2 Å². The molecule has 0 saturated heterocycles. The summed E-state index contributed by atoms with van der Waals surface area (Å²) in [6.45, 7) is 2.91. The molecule has 1 atom stereocenters. The third-order valence-electron chi connectivity index (χ3n) is 3.33. The van der Waals surface area contributed by atoms with Gasteiger partial charge >= 0.3 is 0 Å². The van der Waals surface area contributed by atoms with Crippen LogP contribution in [0.1, 0.15) is 17.0 Å². The number of halogens is 1. The van der Waals surface area contributed by atoms with Gasteiger partial charge in [-0.2, -0.15) is 0 Å². The lowest BCUT2D eigenvalue weighted by atomic mass is 9.90. The van der Waals surface area contributed by atoms with Crippen LogP contribution < -0.4 is 10.6 Å². The number of hydrogen-bond acceptors (Lipinski definition) is 3. The summed E-state index contributed by atoms with van der Waals surface area (Å²) in [5.41, 5.74) is 2.09. The third kappa shape index (κ3) is 3.47. The van der Waals surface area contributed by atoms with Gasteiger partial charge in [0.25, 0.3) is 0 Å². The second kappa shape index (κ2) is 6.37. The number of hydrogen-bond donors (Lipinski definition) is 2. The van der Waals surface area contributed by atoms with Crippen molar-refractivity contribution in [2.75, 3.05) is 33.7 Å². The van der Waals surface area contributed by atoms with E-state index < -0.39 is 0 Å². The monoisotopic (exact) mass is 281 g/mol. The Hall–Kier alpha value is -1.10. The third-order valence-corrected chi connectivity index (χ3v) is 3.66.